The lowest BCUT2D eigenvalue weighted by atomic mass is 9.84. The summed E-state index contributed by atoms with van der Waals surface area (Å²) < 4.78 is 6.01. The molecular formula is C20H18N4O2. The highest BCUT2D eigenvalue weighted by atomic mass is 16.5. The third-order valence-electron chi connectivity index (χ3n) is 5.24. The van der Waals surface area contributed by atoms with E-state index < -0.39 is 0 Å². The fourth-order valence-electron chi connectivity index (χ4n) is 3.80. The van der Waals surface area contributed by atoms with Crippen molar-refractivity contribution in [3.63, 3.8) is 0 Å². The minimum atomic E-state index is 0.0213. The molecule has 0 radical (unpaired) electrons. The molecule has 1 aromatic heterocycles. The normalized spacial score (nSPS) is 16.4. The summed E-state index contributed by atoms with van der Waals surface area (Å²) in [5.41, 5.74) is 2.15. The molecule has 0 atom stereocenters. The molecule has 3 heterocycles. The number of likely N-dealkylation sites (tertiary alicyclic amines) is 1. The Morgan fingerprint density at radius 1 is 1.08 bits per heavy atom. The number of benzene rings is 2. The summed E-state index contributed by atoms with van der Waals surface area (Å²) in [5, 5.41) is 6.78. The Morgan fingerprint density at radius 2 is 1.73 bits per heavy atom. The highest BCUT2D eigenvalue weighted by Crippen LogP contribution is 2.45. The van der Waals surface area contributed by atoms with E-state index in [0.717, 1.165) is 28.5 Å². The quantitative estimate of drug-likeness (QED) is 0.791. The second kappa shape index (κ2) is 5.98. The number of aromatic amines is 1. The second-order valence-corrected chi connectivity index (χ2v) is 6.80. The Hall–Kier alpha value is -3.15. The zero-order chi connectivity index (χ0) is 17.5. The van der Waals surface area contributed by atoms with Crippen LogP contribution in [0, 0.1) is 0 Å². The van der Waals surface area contributed by atoms with E-state index >= 15 is 0 Å². The molecular weight excluding hydrogens is 328 g/mol. The summed E-state index contributed by atoms with van der Waals surface area (Å²) in [5.74, 6) is 2.98. The highest BCUT2D eigenvalue weighted by molar-refractivity contribution is 5.79. The van der Waals surface area contributed by atoms with Crippen LogP contribution in [0.25, 0.3) is 0 Å². The molecule has 3 aromatic rings. The zero-order valence-electron chi connectivity index (χ0n) is 14.1. The molecule has 0 saturated carbocycles. The highest BCUT2D eigenvalue weighted by Gasteiger charge is 2.36. The molecule has 26 heavy (non-hydrogen) atoms. The summed E-state index contributed by atoms with van der Waals surface area (Å²) in [6.45, 7) is 1.39. The zero-order valence-corrected chi connectivity index (χ0v) is 14.1. The molecule has 2 aliphatic heterocycles. The second-order valence-electron chi connectivity index (χ2n) is 6.80. The van der Waals surface area contributed by atoms with Gasteiger partial charge in [-0.1, -0.05) is 36.4 Å². The number of hydrogen-bond donors (Lipinski definition) is 1. The number of hydrogen-bond acceptors (Lipinski definition) is 4. The molecule has 0 spiro atoms. The minimum Gasteiger partial charge on any atom is -0.457 e. The topological polar surface area (TPSA) is 71.1 Å². The van der Waals surface area contributed by atoms with Crippen molar-refractivity contribution in [3.8, 4) is 11.5 Å². The van der Waals surface area contributed by atoms with Crippen LogP contribution in [0.5, 0.6) is 11.5 Å². The van der Waals surface area contributed by atoms with Crippen LogP contribution >= 0.6 is 0 Å². The molecule has 0 aliphatic carbocycles. The molecule has 6 heteroatoms. The van der Waals surface area contributed by atoms with E-state index in [-0.39, 0.29) is 17.7 Å². The molecule has 1 fully saturated rings. The van der Waals surface area contributed by atoms with Crippen molar-refractivity contribution in [2.24, 2.45) is 0 Å². The summed E-state index contributed by atoms with van der Waals surface area (Å²) in [4.78, 5) is 18.9. The number of fused-ring (bicyclic) bond motifs is 2. The van der Waals surface area contributed by atoms with E-state index in [1.807, 2.05) is 41.3 Å². The number of nitrogens with one attached hydrogen (secondary N) is 1. The predicted molar refractivity (Wildman–Crippen MR) is 95.1 cm³/mol. The molecule has 1 saturated heterocycles. The van der Waals surface area contributed by atoms with Crippen LogP contribution in [0.2, 0.25) is 0 Å². The average molecular weight is 346 g/mol. The lowest BCUT2D eigenvalue weighted by Gasteiger charge is -2.39. The van der Waals surface area contributed by atoms with Crippen LogP contribution in [0.3, 0.4) is 0 Å². The summed E-state index contributed by atoms with van der Waals surface area (Å²) in [6, 6.07) is 16.0. The largest absolute Gasteiger partial charge is 0.457 e. The minimum absolute atomic E-state index is 0.0213. The van der Waals surface area contributed by atoms with Crippen LogP contribution in [-0.2, 0) is 4.79 Å². The van der Waals surface area contributed by atoms with Crippen LogP contribution in [0.1, 0.15) is 35.2 Å². The van der Waals surface area contributed by atoms with Gasteiger partial charge in [-0.15, -0.1) is 0 Å². The van der Waals surface area contributed by atoms with Gasteiger partial charge in [-0.3, -0.25) is 9.89 Å². The van der Waals surface area contributed by atoms with Crippen molar-refractivity contribution in [2.75, 3.05) is 13.1 Å². The molecule has 2 aliphatic rings. The maximum absolute atomic E-state index is 12.9. The van der Waals surface area contributed by atoms with E-state index in [1.165, 1.54) is 6.33 Å². The number of H-pyrrole nitrogens is 1. The van der Waals surface area contributed by atoms with Gasteiger partial charge in [0, 0.05) is 36.6 Å². The van der Waals surface area contributed by atoms with E-state index in [9.17, 15) is 4.79 Å². The molecule has 0 bridgehead atoms. The number of nitrogens with zero attached hydrogens (tertiary/aromatic N) is 3. The maximum Gasteiger partial charge on any atom is 0.223 e. The van der Waals surface area contributed by atoms with Crippen LogP contribution in [0.15, 0.2) is 54.9 Å². The molecule has 1 N–H and O–H groups in total. The molecule has 6 nitrogen and oxygen atoms in total. The van der Waals surface area contributed by atoms with Crippen LogP contribution in [-0.4, -0.2) is 39.1 Å². The summed E-state index contributed by atoms with van der Waals surface area (Å²) in [6.07, 6.45) is 1.95. The Kier molecular flexibility index (Phi) is 3.48. The first-order chi connectivity index (χ1) is 12.8. The van der Waals surface area contributed by atoms with Crippen molar-refractivity contribution in [1.82, 2.24) is 20.1 Å². The number of rotatable bonds is 3. The van der Waals surface area contributed by atoms with Gasteiger partial charge in [0.2, 0.25) is 5.91 Å². The van der Waals surface area contributed by atoms with Gasteiger partial charge in [0.25, 0.3) is 0 Å². The van der Waals surface area contributed by atoms with E-state index in [2.05, 4.69) is 27.3 Å². The Bertz CT molecular complexity index is 902. The lowest BCUT2D eigenvalue weighted by molar-refractivity contribution is -0.136. The van der Waals surface area contributed by atoms with E-state index in [4.69, 9.17) is 4.74 Å². The Balaban J connectivity index is 1.36. The van der Waals surface area contributed by atoms with Crippen LogP contribution < -0.4 is 4.74 Å². The smallest absolute Gasteiger partial charge is 0.223 e. The molecule has 5 rings (SSSR count). The SMILES string of the molecule is O=C(CC1c2ccccc2Oc2ccccc21)N1CC(c2ncn[nH]2)C1. The molecule has 0 unspecified atom stereocenters. The number of carbonyl (C=O) groups excluding carboxylic acids is 1. The van der Waals surface area contributed by atoms with Crippen molar-refractivity contribution in [2.45, 2.75) is 18.3 Å². The molecule has 1 amide bonds. The Labute approximate surface area is 150 Å². The van der Waals surface area contributed by atoms with Gasteiger partial charge in [-0.2, -0.15) is 5.10 Å². The maximum atomic E-state index is 12.9. The Morgan fingerprint density at radius 3 is 2.35 bits per heavy atom. The third kappa shape index (κ3) is 2.45. The van der Waals surface area contributed by atoms with Gasteiger partial charge < -0.3 is 9.64 Å². The van der Waals surface area contributed by atoms with Gasteiger partial charge in [-0.05, 0) is 12.1 Å². The van der Waals surface area contributed by atoms with Crippen molar-refractivity contribution in [1.29, 1.82) is 0 Å². The lowest BCUT2D eigenvalue weighted by Crippen LogP contribution is -2.49. The van der Waals surface area contributed by atoms with E-state index in [0.29, 0.717) is 19.5 Å². The van der Waals surface area contributed by atoms with Gasteiger partial charge in [0.15, 0.2) is 0 Å². The van der Waals surface area contributed by atoms with Gasteiger partial charge in [0.1, 0.15) is 23.7 Å². The monoisotopic (exact) mass is 346 g/mol. The molecule has 130 valence electrons. The first kappa shape index (κ1) is 15.1. The van der Waals surface area contributed by atoms with Crippen molar-refractivity contribution >= 4 is 5.91 Å². The fourth-order valence-corrected chi connectivity index (χ4v) is 3.80. The number of ether oxygens (including phenoxy) is 1. The average Bonchev–Trinajstić information content (AvgIpc) is 3.14. The van der Waals surface area contributed by atoms with Gasteiger partial charge in [-0.25, -0.2) is 4.98 Å². The number of amides is 1. The predicted octanol–water partition coefficient (Wildman–Crippen LogP) is 3.06. The number of carbonyl (C=O) groups is 1. The first-order valence-electron chi connectivity index (χ1n) is 8.78. The molecule has 2 aromatic carbocycles. The number of para-hydroxylation sites is 2. The third-order valence-corrected chi connectivity index (χ3v) is 5.24. The fraction of sp³-hybridized carbons (Fsp3) is 0.250. The van der Waals surface area contributed by atoms with Crippen molar-refractivity contribution in [3.05, 3.63) is 71.8 Å². The summed E-state index contributed by atoms with van der Waals surface area (Å²) >= 11 is 0. The van der Waals surface area contributed by atoms with Crippen LogP contribution in [0.4, 0.5) is 0 Å². The first-order valence-corrected chi connectivity index (χ1v) is 8.78. The number of aromatic nitrogens is 3. The van der Waals surface area contributed by atoms with Gasteiger partial charge >= 0.3 is 0 Å². The summed E-state index contributed by atoms with van der Waals surface area (Å²) in [7, 11) is 0. The standard InChI is InChI=1S/C20H18N4O2/c25-19(24-10-13(11-24)20-21-12-22-23-20)9-16-14-5-1-3-7-17(14)26-18-8-4-2-6-15(16)18/h1-8,12-13,16H,9-11H2,(H,21,22,23). The van der Waals surface area contributed by atoms with Gasteiger partial charge in [0.05, 0.1) is 5.92 Å². The van der Waals surface area contributed by atoms with E-state index in [1.54, 1.807) is 0 Å². The van der Waals surface area contributed by atoms with Crippen molar-refractivity contribution < 1.29 is 9.53 Å².